The van der Waals surface area contributed by atoms with Crippen LogP contribution in [-0.2, 0) is 24.3 Å². The molecule has 10 heteroatoms. The molecule has 0 saturated heterocycles. The van der Waals surface area contributed by atoms with Crippen molar-refractivity contribution in [2.24, 2.45) is 11.6 Å². The van der Waals surface area contributed by atoms with Gasteiger partial charge in [-0.05, 0) is 42.7 Å². The summed E-state index contributed by atoms with van der Waals surface area (Å²) >= 11 is 1.47. The van der Waals surface area contributed by atoms with Gasteiger partial charge in [0, 0.05) is 23.9 Å². The standard InChI is InChI=1S/C25H30FN5O3S/c26-11-10-19-12-20-22(35-19)13-21-23(32)31(14-16-6-8-18(34-28)9-7-16)25(27,15-30(20)21)24(33)29-17-4-2-1-3-5-17/h6-9,12-13,17H,1-5,10-11,14-15,27-28H2,(H,29,33). The summed E-state index contributed by atoms with van der Waals surface area (Å²) in [6.07, 6.45) is 5.44. The Morgan fingerprint density at radius 1 is 1.20 bits per heavy atom. The lowest BCUT2D eigenvalue weighted by Crippen LogP contribution is -2.71. The van der Waals surface area contributed by atoms with Crippen LogP contribution in [-0.4, -0.2) is 39.7 Å². The number of nitrogens with two attached hydrogens (primary N) is 2. The fraction of sp³-hybridized carbons (Fsp3) is 0.440. The van der Waals surface area contributed by atoms with Gasteiger partial charge in [-0.15, -0.1) is 11.3 Å². The Morgan fingerprint density at radius 2 is 1.94 bits per heavy atom. The van der Waals surface area contributed by atoms with Gasteiger partial charge < -0.3 is 19.6 Å². The quantitative estimate of drug-likeness (QED) is 0.432. The first kappa shape index (κ1) is 23.8. The molecule has 0 spiro atoms. The van der Waals surface area contributed by atoms with Gasteiger partial charge in [0.1, 0.15) is 11.4 Å². The van der Waals surface area contributed by atoms with Crippen molar-refractivity contribution in [3.8, 4) is 5.75 Å². The summed E-state index contributed by atoms with van der Waals surface area (Å²) in [5.41, 5.74) is 7.36. The lowest BCUT2D eigenvalue weighted by atomic mass is 9.94. The number of fused-ring (bicyclic) bond motifs is 3. The first-order chi connectivity index (χ1) is 16.9. The number of thiophene rings is 1. The number of amides is 2. The minimum Gasteiger partial charge on any atom is -0.412 e. The van der Waals surface area contributed by atoms with E-state index in [0.29, 0.717) is 17.9 Å². The summed E-state index contributed by atoms with van der Waals surface area (Å²) in [5.74, 6) is 5.05. The first-order valence-electron chi connectivity index (χ1n) is 12.0. The van der Waals surface area contributed by atoms with E-state index in [4.69, 9.17) is 16.5 Å². The summed E-state index contributed by atoms with van der Waals surface area (Å²) in [6.45, 7) is -0.169. The molecule has 186 valence electrons. The highest BCUT2D eigenvalue weighted by Crippen LogP contribution is 2.35. The number of carbonyl (C=O) groups excluding carboxylic acids is 2. The van der Waals surface area contributed by atoms with Crippen LogP contribution >= 0.6 is 11.3 Å². The maximum absolute atomic E-state index is 13.8. The SMILES string of the molecule is NOc1ccc(CN2C(=O)c3cc4sc(CCF)cc4n3CC2(N)C(=O)NC2CCCCC2)cc1. The summed E-state index contributed by atoms with van der Waals surface area (Å²) < 4.78 is 15.6. The average Bonchev–Trinajstić information content (AvgIpc) is 3.41. The predicted octanol–water partition coefficient (Wildman–Crippen LogP) is 3.23. The molecule has 3 aromatic rings. The number of nitrogens with one attached hydrogen (secondary N) is 1. The third kappa shape index (κ3) is 4.41. The van der Waals surface area contributed by atoms with E-state index in [0.717, 1.165) is 52.8 Å². The molecular weight excluding hydrogens is 469 g/mol. The molecule has 1 fully saturated rings. The van der Waals surface area contributed by atoms with Crippen molar-refractivity contribution in [3.63, 3.8) is 0 Å². The van der Waals surface area contributed by atoms with Crippen LogP contribution in [0.3, 0.4) is 0 Å². The third-order valence-electron chi connectivity index (χ3n) is 7.06. The maximum atomic E-state index is 13.8. The summed E-state index contributed by atoms with van der Waals surface area (Å²) in [7, 11) is 0. The molecule has 1 atom stereocenters. The Morgan fingerprint density at radius 3 is 2.63 bits per heavy atom. The number of nitrogens with zero attached hydrogens (tertiary/aromatic N) is 2. The minimum atomic E-state index is -1.58. The van der Waals surface area contributed by atoms with Crippen molar-refractivity contribution >= 4 is 33.4 Å². The number of hydrogen-bond acceptors (Lipinski definition) is 6. The van der Waals surface area contributed by atoms with E-state index >= 15 is 0 Å². The third-order valence-corrected chi connectivity index (χ3v) is 8.19. The molecule has 5 N–H and O–H groups in total. The monoisotopic (exact) mass is 499 g/mol. The fourth-order valence-electron chi connectivity index (χ4n) is 5.12. The predicted molar refractivity (Wildman–Crippen MR) is 133 cm³/mol. The van der Waals surface area contributed by atoms with Crippen LogP contribution < -0.4 is 21.8 Å². The number of aromatic nitrogens is 1. The number of benzene rings is 1. The molecule has 8 nitrogen and oxygen atoms in total. The number of rotatable bonds is 7. The molecule has 5 rings (SSSR count). The lowest BCUT2D eigenvalue weighted by Gasteiger charge is -2.44. The molecule has 35 heavy (non-hydrogen) atoms. The van der Waals surface area contributed by atoms with Crippen LogP contribution in [0.1, 0.15) is 53.0 Å². The van der Waals surface area contributed by atoms with Crippen molar-refractivity contribution in [3.05, 3.63) is 52.5 Å². The summed E-state index contributed by atoms with van der Waals surface area (Å²) in [4.78, 5) is 34.6. The number of halogens is 1. The van der Waals surface area contributed by atoms with Crippen LogP contribution in [0.15, 0.2) is 36.4 Å². The molecular formula is C25H30FN5O3S. The second-order valence-corrected chi connectivity index (χ2v) is 10.6. The molecule has 1 unspecified atom stereocenters. The molecule has 0 radical (unpaired) electrons. The first-order valence-corrected chi connectivity index (χ1v) is 12.8. The van der Waals surface area contributed by atoms with Crippen molar-refractivity contribution in [1.29, 1.82) is 0 Å². The van der Waals surface area contributed by atoms with E-state index in [1.54, 1.807) is 24.3 Å². The van der Waals surface area contributed by atoms with Gasteiger partial charge in [-0.1, -0.05) is 31.4 Å². The van der Waals surface area contributed by atoms with Gasteiger partial charge in [0.05, 0.1) is 23.4 Å². The van der Waals surface area contributed by atoms with Crippen LogP contribution in [0.25, 0.3) is 10.2 Å². The van der Waals surface area contributed by atoms with Gasteiger partial charge in [0.2, 0.25) is 0 Å². The fourth-order valence-corrected chi connectivity index (χ4v) is 6.20. The molecule has 0 bridgehead atoms. The molecule has 2 amide bonds. The highest BCUT2D eigenvalue weighted by molar-refractivity contribution is 7.19. The number of aryl methyl sites for hydroxylation is 1. The second-order valence-electron chi connectivity index (χ2n) is 9.40. The van der Waals surface area contributed by atoms with E-state index in [2.05, 4.69) is 5.32 Å². The lowest BCUT2D eigenvalue weighted by molar-refractivity contribution is -0.135. The van der Waals surface area contributed by atoms with E-state index in [1.165, 1.54) is 16.2 Å². The Bertz CT molecular complexity index is 1230. The van der Waals surface area contributed by atoms with Crippen LogP contribution in [0.4, 0.5) is 4.39 Å². The van der Waals surface area contributed by atoms with Crippen LogP contribution in [0.5, 0.6) is 5.75 Å². The molecule has 1 aliphatic heterocycles. The van der Waals surface area contributed by atoms with E-state index in [1.807, 2.05) is 16.7 Å². The van der Waals surface area contributed by atoms with E-state index < -0.39 is 12.3 Å². The van der Waals surface area contributed by atoms with Crippen molar-refractivity contribution in [2.75, 3.05) is 6.67 Å². The maximum Gasteiger partial charge on any atom is 0.272 e. The largest absolute Gasteiger partial charge is 0.412 e. The van der Waals surface area contributed by atoms with Crippen molar-refractivity contribution in [1.82, 2.24) is 14.8 Å². The van der Waals surface area contributed by atoms with Gasteiger partial charge in [-0.25, -0.2) is 0 Å². The molecule has 1 aliphatic carbocycles. The van der Waals surface area contributed by atoms with Crippen LogP contribution in [0.2, 0.25) is 0 Å². The van der Waals surface area contributed by atoms with Crippen molar-refractivity contribution < 1.29 is 18.8 Å². The number of alkyl halides is 1. The molecule has 1 aromatic carbocycles. The smallest absolute Gasteiger partial charge is 0.272 e. The topological polar surface area (TPSA) is 116 Å². The molecule has 2 aromatic heterocycles. The Kier molecular flexibility index (Phi) is 6.52. The van der Waals surface area contributed by atoms with E-state index in [9.17, 15) is 14.0 Å². The van der Waals surface area contributed by atoms with Crippen LogP contribution in [0, 0.1) is 0 Å². The molecule has 2 aliphatic rings. The summed E-state index contributed by atoms with van der Waals surface area (Å²) in [6, 6.07) is 10.8. The van der Waals surface area contributed by atoms with E-state index in [-0.39, 0.29) is 30.9 Å². The van der Waals surface area contributed by atoms with Gasteiger partial charge in [-0.2, -0.15) is 5.90 Å². The average molecular weight is 500 g/mol. The highest BCUT2D eigenvalue weighted by Gasteiger charge is 2.49. The number of carbonyl (C=O) groups is 2. The second kappa shape index (κ2) is 9.60. The molecule has 1 saturated carbocycles. The zero-order valence-corrected chi connectivity index (χ0v) is 20.3. The van der Waals surface area contributed by atoms with Gasteiger partial charge in [0.15, 0.2) is 5.66 Å². The number of hydrogen-bond donors (Lipinski definition) is 3. The Hall–Kier alpha value is -2.95. The Labute approximate surface area is 207 Å². The van der Waals surface area contributed by atoms with Gasteiger partial charge >= 0.3 is 0 Å². The van der Waals surface area contributed by atoms with Crippen molar-refractivity contribution in [2.45, 2.75) is 63.3 Å². The zero-order valence-electron chi connectivity index (χ0n) is 19.5. The van der Waals surface area contributed by atoms with Gasteiger partial charge in [0.25, 0.3) is 11.8 Å². The molecule has 3 heterocycles. The summed E-state index contributed by atoms with van der Waals surface area (Å²) in [5, 5.41) is 3.13. The normalized spacial score (nSPS) is 20.8. The zero-order chi connectivity index (χ0) is 24.6. The minimum absolute atomic E-state index is 0.0537. The Balaban J connectivity index is 1.52. The van der Waals surface area contributed by atoms with Gasteiger partial charge in [-0.3, -0.25) is 19.7 Å². The highest BCUT2D eigenvalue weighted by atomic mass is 32.1.